The molecule has 0 radical (unpaired) electrons. The van der Waals surface area contributed by atoms with Gasteiger partial charge in [0.2, 0.25) is 0 Å². The first-order chi connectivity index (χ1) is 6.35. The van der Waals surface area contributed by atoms with Crippen molar-refractivity contribution in [3.63, 3.8) is 0 Å². The molecule has 0 N–H and O–H groups in total. The maximum absolute atomic E-state index is 4.99. The van der Waals surface area contributed by atoms with Gasteiger partial charge in [0.15, 0.2) is 0 Å². The third-order valence-corrected chi connectivity index (χ3v) is 1.73. The van der Waals surface area contributed by atoms with Crippen LogP contribution in [0.5, 0.6) is 0 Å². The van der Waals surface area contributed by atoms with Gasteiger partial charge in [0.25, 0.3) is 0 Å². The van der Waals surface area contributed by atoms with Gasteiger partial charge in [-0.05, 0) is 19.3 Å². The van der Waals surface area contributed by atoms with Crippen LogP contribution in [-0.4, -0.2) is 35.1 Å². The van der Waals surface area contributed by atoms with Crippen LogP contribution in [0.3, 0.4) is 0 Å². The average Bonchev–Trinajstić information content (AvgIpc) is 2.17. The normalized spacial score (nSPS) is 11.0. The first-order valence-electron chi connectivity index (χ1n) is 4.56. The summed E-state index contributed by atoms with van der Waals surface area (Å²) in [7, 11) is 4.77. The fourth-order valence-corrected chi connectivity index (χ4v) is 0.969. The van der Waals surface area contributed by atoms with E-state index in [4.69, 9.17) is 14.0 Å². The van der Waals surface area contributed by atoms with Crippen molar-refractivity contribution < 1.29 is 14.0 Å². The van der Waals surface area contributed by atoms with Crippen LogP contribution in [-0.2, 0) is 14.0 Å². The molecular weight excluding hydrogens is 167 g/mol. The molecule has 0 aromatic heterocycles. The number of hydrogen-bond donors (Lipinski definition) is 0. The predicted octanol–water partition coefficient (Wildman–Crippen LogP) is 1.68. The molecule has 0 aliphatic rings. The molecule has 0 saturated heterocycles. The number of unbranched alkanes of at least 4 members (excludes halogenated alkanes) is 2. The van der Waals surface area contributed by atoms with Gasteiger partial charge in [-0.2, -0.15) is 0 Å². The SMILES string of the molecule is COCCCC/C=C/B(OC)OC. The van der Waals surface area contributed by atoms with Crippen LogP contribution in [0.25, 0.3) is 0 Å². The lowest BCUT2D eigenvalue weighted by Gasteiger charge is -2.01. The summed E-state index contributed by atoms with van der Waals surface area (Å²) in [5.41, 5.74) is 0. The Kier molecular flexibility index (Phi) is 9.53. The monoisotopic (exact) mass is 186 g/mol. The number of rotatable bonds is 8. The molecule has 0 aliphatic carbocycles. The molecule has 0 aromatic carbocycles. The van der Waals surface area contributed by atoms with Crippen molar-refractivity contribution in [2.45, 2.75) is 19.3 Å². The third kappa shape index (κ3) is 8.03. The highest BCUT2D eigenvalue weighted by atomic mass is 16.6. The Bertz CT molecular complexity index is 124. The fraction of sp³-hybridized carbons (Fsp3) is 0.778. The summed E-state index contributed by atoms with van der Waals surface area (Å²) in [4.78, 5) is 0. The number of allylic oxidation sites excluding steroid dienone is 1. The maximum Gasteiger partial charge on any atom is 0.485 e. The maximum atomic E-state index is 4.99. The first kappa shape index (κ1) is 12.7. The van der Waals surface area contributed by atoms with E-state index in [2.05, 4.69) is 6.08 Å². The molecule has 0 heterocycles. The van der Waals surface area contributed by atoms with Gasteiger partial charge >= 0.3 is 7.12 Å². The van der Waals surface area contributed by atoms with E-state index in [1.54, 1.807) is 21.3 Å². The molecule has 0 aliphatic heterocycles. The summed E-state index contributed by atoms with van der Waals surface area (Å²) < 4.78 is 14.9. The average molecular weight is 186 g/mol. The first-order valence-corrected chi connectivity index (χ1v) is 4.56. The second-order valence-corrected chi connectivity index (χ2v) is 2.76. The van der Waals surface area contributed by atoms with E-state index >= 15 is 0 Å². The summed E-state index contributed by atoms with van der Waals surface area (Å²) >= 11 is 0. The van der Waals surface area contributed by atoms with Gasteiger partial charge in [-0.25, -0.2) is 0 Å². The van der Waals surface area contributed by atoms with Gasteiger partial charge < -0.3 is 14.0 Å². The Morgan fingerprint density at radius 1 is 1.08 bits per heavy atom. The predicted molar refractivity (Wildman–Crippen MR) is 54.6 cm³/mol. The van der Waals surface area contributed by atoms with Crippen molar-refractivity contribution in [3.05, 3.63) is 12.1 Å². The molecule has 3 nitrogen and oxygen atoms in total. The third-order valence-electron chi connectivity index (χ3n) is 1.73. The number of ether oxygens (including phenoxy) is 1. The number of hydrogen-bond acceptors (Lipinski definition) is 3. The van der Waals surface area contributed by atoms with Crippen molar-refractivity contribution in [3.8, 4) is 0 Å². The van der Waals surface area contributed by atoms with Crippen molar-refractivity contribution >= 4 is 7.12 Å². The highest BCUT2D eigenvalue weighted by Crippen LogP contribution is 1.98. The van der Waals surface area contributed by atoms with E-state index in [0.717, 1.165) is 25.9 Å². The summed E-state index contributed by atoms with van der Waals surface area (Å²) in [6.45, 7) is 0.839. The minimum atomic E-state index is -0.206. The molecule has 0 aromatic rings. The van der Waals surface area contributed by atoms with E-state index in [1.165, 1.54) is 0 Å². The molecule has 0 saturated carbocycles. The molecule has 0 unspecified atom stereocenters. The molecule has 0 bridgehead atoms. The van der Waals surface area contributed by atoms with Crippen molar-refractivity contribution in [2.75, 3.05) is 27.9 Å². The second kappa shape index (κ2) is 9.77. The van der Waals surface area contributed by atoms with E-state index in [0.29, 0.717) is 0 Å². The summed E-state index contributed by atoms with van der Waals surface area (Å²) in [5.74, 6) is 1.92. The summed E-state index contributed by atoms with van der Waals surface area (Å²) in [6.07, 6.45) is 5.37. The lowest BCUT2D eigenvalue weighted by molar-refractivity contribution is 0.193. The van der Waals surface area contributed by atoms with Crippen molar-refractivity contribution in [1.29, 1.82) is 0 Å². The van der Waals surface area contributed by atoms with Crippen LogP contribution in [0.4, 0.5) is 0 Å². The molecule has 13 heavy (non-hydrogen) atoms. The van der Waals surface area contributed by atoms with Gasteiger partial charge in [-0.1, -0.05) is 12.1 Å². The summed E-state index contributed by atoms with van der Waals surface area (Å²) in [5, 5.41) is 0. The highest BCUT2D eigenvalue weighted by Gasteiger charge is 2.06. The topological polar surface area (TPSA) is 27.7 Å². The van der Waals surface area contributed by atoms with Crippen LogP contribution in [0.15, 0.2) is 12.1 Å². The molecule has 76 valence electrons. The Hall–Kier alpha value is -0.315. The van der Waals surface area contributed by atoms with E-state index in [-0.39, 0.29) is 7.12 Å². The van der Waals surface area contributed by atoms with E-state index in [9.17, 15) is 0 Å². The minimum Gasteiger partial charge on any atom is -0.410 e. The quantitative estimate of drug-likeness (QED) is 0.426. The fourth-order valence-electron chi connectivity index (χ4n) is 0.969. The summed E-state index contributed by atoms with van der Waals surface area (Å²) in [6, 6.07) is 0. The van der Waals surface area contributed by atoms with Crippen molar-refractivity contribution in [1.82, 2.24) is 0 Å². The zero-order chi connectivity index (χ0) is 9.94. The van der Waals surface area contributed by atoms with Crippen LogP contribution in [0.1, 0.15) is 19.3 Å². The smallest absolute Gasteiger partial charge is 0.410 e. The Balaban J connectivity index is 3.28. The standard InChI is InChI=1S/C9H19BO3/c1-11-9-7-5-4-6-8-10(12-2)13-3/h6,8H,4-5,7,9H2,1-3H3/b8-6+. The highest BCUT2D eigenvalue weighted by molar-refractivity contribution is 6.50. The van der Waals surface area contributed by atoms with Crippen molar-refractivity contribution in [2.24, 2.45) is 0 Å². The lowest BCUT2D eigenvalue weighted by Crippen LogP contribution is -2.15. The minimum absolute atomic E-state index is 0.206. The Morgan fingerprint density at radius 2 is 1.77 bits per heavy atom. The van der Waals surface area contributed by atoms with E-state index < -0.39 is 0 Å². The number of methoxy groups -OCH3 is 1. The molecular formula is C9H19BO3. The van der Waals surface area contributed by atoms with Gasteiger partial charge in [-0.15, -0.1) is 0 Å². The molecule has 0 atom stereocenters. The van der Waals surface area contributed by atoms with Gasteiger partial charge in [0, 0.05) is 27.9 Å². The molecule has 0 fully saturated rings. The lowest BCUT2D eigenvalue weighted by atomic mass is 9.89. The molecule has 4 heteroatoms. The van der Waals surface area contributed by atoms with Crippen LogP contribution in [0.2, 0.25) is 0 Å². The molecule has 0 rings (SSSR count). The zero-order valence-electron chi connectivity index (χ0n) is 8.79. The Morgan fingerprint density at radius 3 is 2.31 bits per heavy atom. The van der Waals surface area contributed by atoms with E-state index in [1.807, 2.05) is 5.98 Å². The van der Waals surface area contributed by atoms with Gasteiger partial charge in [-0.3, -0.25) is 0 Å². The largest absolute Gasteiger partial charge is 0.485 e. The van der Waals surface area contributed by atoms with Crippen LogP contribution >= 0.6 is 0 Å². The molecule has 0 spiro atoms. The van der Waals surface area contributed by atoms with Crippen LogP contribution in [0, 0.1) is 0 Å². The Labute approximate surface area is 81.2 Å². The second-order valence-electron chi connectivity index (χ2n) is 2.76. The zero-order valence-corrected chi connectivity index (χ0v) is 8.79. The van der Waals surface area contributed by atoms with Crippen LogP contribution < -0.4 is 0 Å². The van der Waals surface area contributed by atoms with Gasteiger partial charge in [0.1, 0.15) is 0 Å². The molecule has 0 amide bonds. The van der Waals surface area contributed by atoms with Gasteiger partial charge in [0.05, 0.1) is 0 Å².